The lowest BCUT2D eigenvalue weighted by Crippen LogP contribution is -2.46. The van der Waals surface area contributed by atoms with Gasteiger partial charge in [0.2, 0.25) is 0 Å². The molecule has 0 bridgehead atoms. The van der Waals surface area contributed by atoms with Gasteiger partial charge in [-0.3, -0.25) is 4.79 Å². The third-order valence-corrected chi connectivity index (χ3v) is 3.94. The Morgan fingerprint density at radius 3 is 2.78 bits per heavy atom. The fourth-order valence-corrected chi connectivity index (χ4v) is 2.75. The van der Waals surface area contributed by atoms with Crippen LogP contribution in [0.15, 0.2) is 28.7 Å². The first kappa shape index (κ1) is 11.7. The first-order chi connectivity index (χ1) is 8.75. The van der Waals surface area contributed by atoms with Gasteiger partial charge in [-0.2, -0.15) is 0 Å². The minimum absolute atomic E-state index is 0.0830. The maximum absolute atomic E-state index is 12.3. The van der Waals surface area contributed by atoms with E-state index in [1.54, 1.807) is 0 Å². The van der Waals surface area contributed by atoms with Gasteiger partial charge >= 0.3 is 0 Å². The SMILES string of the molecule is O=C(c1cc2c(Br)cccc2[nH]1)N1CCNCC1. The van der Waals surface area contributed by atoms with Crippen LogP contribution in [0.25, 0.3) is 10.9 Å². The molecule has 1 saturated heterocycles. The van der Waals surface area contributed by atoms with Gasteiger partial charge in [0.1, 0.15) is 5.69 Å². The van der Waals surface area contributed by atoms with Crippen LogP contribution in [-0.4, -0.2) is 42.0 Å². The van der Waals surface area contributed by atoms with Crippen molar-refractivity contribution in [2.75, 3.05) is 26.2 Å². The maximum atomic E-state index is 12.3. The predicted molar refractivity (Wildman–Crippen MR) is 74.8 cm³/mol. The summed E-state index contributed by atoms with van der Waals surface area (Å²) in [6.45, 7) is 3.29. The maximum Gasteiger partial charge on any atom is 0.270 e. The Morgan fingerprint density at radius 2 is 2.06 bits per heavy atom. The number of nitrogens with one attached hydrogen (secondary N) is 2. The van der Waals surface area contributed by atoms with Gasteiger partial charge in [0, 0.05) is 41.6 Å². The summed E-state index contributed by atoms with van der Waals surface area (Å²) >= 11 is 3.50. The molecule has 2 N–H and O–H groups in total. The lowest BCUT2D eigenvalue weighted by atomic mass is 10.2. The minimum Gasteiger partial charge on any atom is -0.350 e. The van der Waals surface area contributed by atoms with Crippen molar-refractivity contribution in [1.82, 2.24) is 15.2 Å². The fraction of sp³-hybridized carbons (Fsp3) is 0.308. The van der Waals surface area contributed by atoms with Gasteiger partial charge in [-0.1, -0.05) is 22.0 Å². The quantitative estimate of drug-likeness (QED) is 0.846. The van der Waals surface area contributed by atoms with Crippen LogP contribution in [0.3, 0.4) is 0 Å². The van der Waals surface area contributed by atoms with Crippen molar-refractivity contribution in [3.8, 4) is 0 Å². The van der Waals surface area contributed by atoms with Gasteiger partial charge in [-0.25, -0.2) is 0 Å². The molecule has 2 heterocycles. The molecule has 18 heavy (non-hydrogen) atoms. The lowest BCUT2D eigenvalue weighted by Gasteiger charge is -2.26. The smallest absolute Gasteiger partial charge is 0.270 e. The summed E-state index contributed by atoms with van der Waals surface area (Å²) in [6, 6.07) is 7.84. The minimum atomic E-state index is 0.0830. The predicted octanol–water partition coefficient (Wildman–Crippen LogP) is 1.98. The molecule has 1 fully saturated rings. The molecule has 1 aromatic heterocycles. The topological polar surface area (TPSA) is 48.1 Å². The van der Waals surface area contributed by atoms with E-state index in [4.69, 9.17) is 0 Å². The number of hydrogen-bond acceptors (Lipinski definition) is 2. The third kappa shape index (κ3) is 2.04. The number of aromatic nitrogens is 1. The highest BCUT2D eigenvalue weighted by Crippen LogP contribution is 2.24. The Balaban J connectivity index is 1.94. The Kier molecular flexibility index (Phi) is 3.09. The standard InChI is InChI=1S/C13H14BrN3O/c14-10-2-1-3-11-9(10)8-12(16-11)13(18)17-6-4-15-5-7-17/h1-3,8,15-16H,4-7H2. The van der Waals surface area contributed by atoms with E-state index >= 15 is 0 Å². The Labute approximate surface area is 113 Å². The highest BCUT2D eigenvalue weighted by atomic mass is 79.9. The second kappa shape index (κ2) is 4.74. The van der Waals surface area contributed by atoms with Gasteiger partial charge in [0.05, 0.1) is 0 Å². The van der Waals surface area contributed by atoms with Crippen molar-refractivity contribution in [3.63, 3.8) is 0 Å². The van der Waals surface area contributed by atoms with Gasteiger partial charge < -0.3 is 15.2 Å². The molecular formula is C13H14BrN3O. The zero-order valence-electron chi connectivity index (χ0n) is 9.87. The molecule has 5 heteroatoms. The van der Waals surface area contributed by atoms with Crippen LogP contribution < -0.4 is 5.32 Å². The normalized spacial score (nSPS) is 16.2. The van der Waals surface area contributed by atoms with E-state index in [-0.39, 0.29) is 5.91 Å². The summed E-state index contributed by atoms with van der Waals surface area (Å²) in [7, 11) is 0. The van der Waals surface area contributed by atoms with Crippen LogP contribution in [0, 0.1) is 0 Å². The second-order valence-corrected chi connectivity index (χ2v) is 5.28. The number of fused-ring (bicyclic) bond motifs is 1. The molecule has 2 aromatic rings. The van der Waals surface area contributed by atoms with Crippen LogP contribution in [0.2, 0.25) is 0 Å². The van der Waals surface area contributed by atoms with Crippen molar-refractivity contribution in [3.05, 3.63) is 34.4 Å². The number of amides is 1. The highest BCUT2D eigenvalue weighted by Gasteiger charge is 2.19. The van der Waals surface area contributed by atoms with Crippen molar-refractivity contribution < 1.29 is 4.79 Å². The molecule has 0 unspecified atom stereocenters. The number of aromatic amines is 1. The van der Waals surface area contributed by atoms with Crippen molar-refractivity contribution in [2.24, 2.45) is 0 Å². The molecule has 0 saturated carbocycles. The molecule has 1 aliphatic heterocycles. The second-order valence-electron chi connectivity index (χ2n) is 4.43. The number of hydrogen-bond donors (Lipinski definition) is 2. The van der Waals surface area contributed by atoms with Gasteiger partial charge in [-0.05, 0) is 18.2 Å². The lowest BCUT2D eigenvalue weighted by molar-refractivity contribution is 0.0731. The molecule has 0 aliphatic carbocycles. The van der Waals surface area contributed by atoms with Crippen LogP contribution in [0.1, 0.15) is 10.5 Å². The number of carbonyl (C=O) groups is 1. The van der Waals surface area contributed by atoms with E-state index in [2.05, 4.69) is 26.2 Å². The third-order valence-electron chi connectivity index (χ3n) is 3.25. The number of nitrogens with zero attached hydrogens (tertiary/aromatic N) is 1. The largest absolute Gasteiger partial charge is 0.350 e. The molecule has 0 radical (unpaired) electrons. The monoisotopic (exact) mass is 307 g/mol. The molecule has 0 atom stereocenters. The summed E-state index contributed by atoms with van der Waals surface area (Å²) in [5.41, 5.74) is 1.65. The van der Waals surface area contributed by atoms with E-state index in [0.717, 1.165) is 41.6 Å². The van der Waals surface area contributed by atoms with E-state index in [9.17, 15) is 4.79 Å². The summed E-state index contributed by atoms with van der Waals surface area (Å²) in [5.74, 6) is 0.0830. The number of carbonyl (C=O) groups excluding carboxylic acids is 1. The molecule has 4 nitrogen and oxygen atoms in total. The number of piperazine rings is 1. The summed E-state index contributed by atoms with van der Waals surface area (Å²) in [6.07, 6.45) is 0. The first-order valence-electron chi connectivity index (χ1n) is 6.03. The average Bonchev–Trinajstić information content (AvgIpc) is 2.84. The molecule has 3 rings (SSSR count). The molecule has 94 valence electrons. The molecule has 1 amide bonds. The fourth-order valence-electron chi connectivity index (χ4n) is 2.27. The molecule has 1 aromatic carbocycles. The Morgan fingerprint density at radius 1 is 1.28 bits per heavy atom. The van der Waals surface area contributed by atoms with Crippen LogP contribution in [0.5, 0.6) is 0 Å². The highest BCUT2D eigenvalue weighted by molar-refractivity contribution is 9.10. The van der Waals surface area contributed by atoms with Gasteiger partial charge in [0.15, 0.2) is 0 Å². The van der Waals surface area contributed by atoms with Crippen LogP contribution in [-0.2, 0) is 0 Å². The molecular weight excluding hydrogens is 294 g/mol. The van der Waals surface area contributed by atoms with E-state index in [1.807, 2.05) is 29.2 Å². The number of halogens is 1. The van der Waals surface area contributed by atoms with E-state index in [1.165, 1.54) is 0 Å². The first-order valence-corrected chi connectivity index (χ1v) is 6.82. The summed E-state index contributed by atoms with van der Waals surface area (Å²) in [5, 5.41) is 4.30. The zero-order valence-corrected chi connectivity index (χ0v) is 11.5. The summed E-state index contributed by atoms with van der Waals surface area (Å²) in [4.78, 5) is 17.4. The molecule has 0 spiro atoms. The zero-order chi connectivity index (χ0) is 12.5. The van der Waals surface area contributed by atoms with Crippen molar-refractivity contribution in [1.29, 1.82) is 0 Å². The van der Waals surface area contributed by atoms with Crippen LogP contribution in [0.4, 0.5) is 0 Å². The van der Waals surface area contributed by atoms with Gasteiger partial charge in [-0.15, -0.1) is 0 Å². The van der Waals surface area contributed by atoms with Gasteiger partial charge in [0.25, 0.3) is 5.91 Å². The number of benzene rings is 1. The Hall–Kier alpha value is -1.33. The van der Waals surface area contributed by atoms with Crippen molar-refractivity contribution in [2.45, 2.75) is 0 Å². The molecule has 1 aliphatic rings. The van der Waals surface area contributed by atoms with Crippen LogP contribution >= 0.6 is 15.9 Å². The number of rotatable bonds is 1. The van der Waals surface area contributed by atoms with E-state index < -0.39 is 0 Å². The van der Waals surface area contributed by atoms with Crippen molar-refractivity contribution >= 4 is 32.7 Å². The Bertz CT molecular complexity index is 587. The summed E-state index contributed by atoms with van der Waals surface area (Å²) < 4.78 is 1.01. The average molecular weight is 308 g/mol. The number of H-pyrrole nitrogens is 1. The van der Waals surface area contributed by atoms with E-state index in [0.29, 0.717) is 5.69 Å².